The second kappa shape index (κ2) is 7.82. The summed E-state index contributed by atoms with van der Waals surface area (Å²) in [5, 5.41) is 2.70. The third kappa shape index (κ3) is 5.84. The van der Waals surface area contributed by atoms with Crippen LogP contribution in [0.5, 0.6) is 5.75 Å². The van der Waals surface area contributed by atoms with Gasteiger partial charge in [0.2, 0.25) is 5.91 Å². The van der Waals surface area contributed by atoms with Gasteiger partial charge in [-0.25, -0.2) is 12.8 Å². The Bertz CT molecular complexity index is 621. The van der Waals surface area contributed by atoms with Crippen molar-refractivity contribution in [1.82, 2.24) is 5.32 Å². The Morgan fingerprint density at radius 2 is 2.27 bits per heavy atom. The predicted octanol–water partition coefficient (Wildman–Crippen LogP) is 1.24. The van der Waals surface area contributed by atoms with Gasteiger partial charge in [-0.15, -0.1) is 11.8 Å². The molecule has 1 amide bonds. The summed E-state index contributed by atoms with van der Waals surface area (Å²) in [6.45, 7) is 0.566. The molecule has 22 heavy (non-hydrogen) atoms. The number of carbonyl (C=O) groups is 1. The molecule has 2 rings (SSSR count). The van der Waals surface area contributed by atoms with E-state index >= 15 is 0 Å². The summed E-state index contributed by atoms with van der Waals surface area (Å²) in [7, 11) is -2.90. The van der Waals surface area contributed by atoms with Crippen molar-refractivity contribution in [3.05, 3.63) is 30.1 Å². The first-order valence-electron chi connectivity index (χ1n) is 6.92. The van der Waals surface area contributed by atoms with Crippen LogP contribution in [0.1, 0.15) is 6.42 Å². The molecule has 0 aliphatic carbocycles. The highest BCUT2D eigenvalue weighted by molar-refractivity contribution is 8.02. The molecule has 0 spiro atoms. The number of halogens is 1. The lowest BCUT2D eigenvalue weighted by Gasteiger charge is -2.09. The maximum Gasteiger partial charge on any atom is 0.230 e. The minimum absolute atomic E-state index is 0.0132. The molecule has 1 aromatic carbocycles. The van der Waals surface area contributed by atoms with Gasteiger partial charge >= 0.3 is 0 Å². The third-order valence-electron chi connectivity index (χ3n) is 3.13. The largest absolute Gasteiger partial charge is 0.492 e. The smallest absolute Gasteiger partial charge is 0.230 e. The number of rotatable bonds is 7. The van der Waals surface area contributed by atoms with Crippen molar-refractivity contribution in [2.75, 3.05) is 30.4 Å². The van der Waals surface area contributed by atoms with Gasteiger partial charge in [0.05, 0.1) is 23.8 Å². The Morgan fingerprint density at radius 1 is 1.45 bits per heavy atom. The van der Waals surface area contributed by atoms with E-state index in [1.807, 2.05) is 0 Å². The lowest BCUT2D eigenvalue weighted by molar-refractivity contribution is -0.118. The fourth-order valence-corrected chi connectivity index (χ4v) is 5.53. The number of hydrogen-bond donors (Lipinski definition) is 1. The van der Waals surface area contributed by atoms with Crippen LogP contribution < -0.4 is 10.1 Å². The fraction of sp³-hybridized carbons (Fsp3) is 0.500. The van der Waals surface area contributed by atoms with E-state index in [2.05, 4.69) is 5.32 Å². The molecule has 0 bridgehead atoms. The summed E-state index contributed by atoms with van der Waals surface area (Å²) in [6.07, 6.45) is 0.614. The molecule has 0 radical (unpaired) electrons. The van der Waals surface area contributed by atoms with Crippen molar-refractivity contribution in [3.8, 4) is 5.75 Å². The first-order valence-corrected chi connectivity index (χ1v) is 9.79. The van der Waals surface area contributed by atoms with Crippen LogP contribution in [0.15, 0.2) is 24.3 Å². The monoisotopic (exact) mass is 347 g/mol. The SMILES string of the molecule is O=C(CS[C@@H]1CCS(=O)(=O)C1)NCCOc1cccc(F)c1. The van der Waals surface area contributed by atoms with E-state index < -0.39 is 9.84 Å². The van der Waals surface area contributed by atoms with E-state index in [9.17, 15) is 17.6 Å². The summed E-state index contributed by atoms with van der Waals surface area (Å²) in [5.74, 6) is 0.503. The van der Waals surface area contributed by atoms with E-state index in [1.54, 1.807) is 12.1 Å². The summed E-state index contributed by atoms with van der Waals surface area (Å²) in [4.78, 5) is 11.6. The number of nitrogens with one attached hydrogen (secondary N) is 1. The quantitative estimate of drug-likeness (QED) is 0.752. The Balaban J connectivity index is 1.58. The molecule has 8 heteroatoms. The number of amides is 1. The molecule has 0 saturated carbocycles. The molecule has 1 N–H and O–H groups in total. The van der Waals surface area contributed by atoms with Crippen molar-refractivity contribution in [2.45, 2.75) is 11.7 Å². The lowest BCUT2D eigenvalue weighted by atomic mass is 10.3. The van der Waals surface area contributed by atoms with Crippen molar-refractivity contribution in [3.63, 3.8) is 0 Å². The summed E-state index contributed by atoms with van der Waals surface area (Å²) < 4.78 is 40.8. The van der Waals surface area contributed by atoms with Gasteiger partial charge < -0.3 is 10.1 Å². The Hall–Kier alpha value is -1.28. The lowest BCUT2D eigenvalue weighted by Crippen LogP contribution is -2.30. The van der Waals surface area contributed by atoms with Crippen LogP contribution in [0.25, 0.3) is 0 Å². The van der Waals surface area contributed by atoms with Crippen molar-refractivity contribution in [1.29, 1.82) is 0 Å². The van der Waals surface area contributed by atoms with Crippen LogP contribution in [0.3, 0.4) is 0 Å². The highest BCUT2D eigenvalue weighted by Crippen LogP contribution is 2.23. The number of carbonyl (C=O) groups excluding carboxylic acids is 1. The molecule has 1 fully saturated rings. The van der Waals surface area contributed by atoms with E-state index in [0.29, 0.717) is 18.7 Å². The Morgan fingerprint density at radius 3 is 2.95 bits per heavy atom. The average molecular weight is 347 g/mol. The van der Waals surface area contributed by atoms with Crippen molar-refractivity contribution < 1.29 is 22.3 Å². The van der Waals surface area contributed by atoms with E-state index in [0.717, 1.165) is 0 Å². The van der Waals surface area contributed by atoms with Gasteiger partial charge in [-0.1, -0.05) is 6.07 Å². The highest BCUT2D eigenvalue weighted by atomic mass is 32.2. The summed E-state index contributed by atoms with van der Waals surface area (Å²) >= 11 is 1.37. The third-order valence-corrected chi connectivity index (χ3v) is 6.41. The van der Waals surface area contributed by atoms with Gasteiger partial charge in [-0.2, -0.15) is 0 Å². The molecule has 1 aliphatic rings. The van der Waals surface area contributed by atoms with Crippen LogP contribution in [0.4, 0.5) is 4.39 Å². The van der Waals surface area contributed by atoms with Crippen LogP contribution in [-0.4, -0.2) is 50.0 Å². The number of ether oxygens (including phenoxy) is 1. The van der Waals surface area contributed by atoms with Gasteiger partial charge in [0, 0.05) is 11.3 Å². The molecule has 1 aromatic rings. The van der Waals surface area contributed by atoms with Gasteiger partial charge in [0.1, 0.15) is 18.2 Å². The first-order chi connectivity index (χ1) is 10.4. The normalized spacial score (nSPS) is 19.8. The summed E-state index contributed by atoms with van der Waals surface area (Å²) in [6, 6.07) is 5.80. The van der Waals surface area contributed by atoms with Gasteiger partial charge in [0.15, 0.2) is 9.84 Å². The van der Waals surface area contributed by atoms with Gasteiger partial charge in [-0.05, 0) is 18.6 Å². The van der Waals surface area contributed by atoms with Crippen LogP contribution in [-0.2, 0) is 14.6 Å². The molecule has 122 valence electrons. The standard InChI is InChI=1S/C14H18FNO4S2/c15-11-2-1-3-12(8-11)20-6-5-16-14(17)9-21-13-4-7-22(18,19)10-13/h1-3,8,13H,4-7,9-10H2,(H,16,17)/t13-/m1/s1. The van der Waals surface area contributed by atoms with Gasteiger partial charge in [0.25, 0.3) is 0 Å². The second-order valence-electron chi connectivity index (χ2n) is 4.99. The van der Waals surface area contributed by atoms with Gasteiger partial charge in [-0.3, -0.25) is 4.79 Å². The Labute approximate surface area is 133 Å². The average Bonchev–Trinajstić information content (AvgIpc) is 2.81. The molecule has 1 saturated heterocycles. The Kier molecular flexibility index (Phi) is 6.07. The molecule has 5 nitrogen and oxygen atoms in total. The molecule has 0 unspecified atom stereocenters. The van der Waals surface area contributed by atoms with Crippen LogP contribution in [0.2, 0.25) is 0 Å². The van der Waals surface area contributed by atoms with Crippen molar-refractivity contribution >= 4 is 27.5 Å². The highest BCUT2D eigenvalue weighted by Gasteiger charge is 2.28. The maximum absolute atomic E-state index is 12.9. The second-order valence-corrected chi connectivity index (χ2v) is 8.51. The molecule has 1 atom stereocenters. The molecule has 1 aliphatic heterocycles. The topological polar surface area (TPSA) is 72.5 Å². The number of thioether (sulfide) groups is 1. The minimum atomic E-state index is -2.90. The minimum Gasteiger partial charge on any atom is -0.492 e. The van der Waals surface area contributed by atoms with Crippen LogP contribution >= 0.6 is 11.8 Å². The molecular formula is C14H18FNO4S2. The van der Waals surface area contributed by atoms with E-state index in [4.69, 9.17) is 4.74 Å². The predicted molar refractivity (Wildman–Crippen MR) is 84.4 cm³/mol. The zero-order valence-corrected chi connectivity index (χ0v) is 13.6. The van der Waals surface area contributed by atoms with Crippen LogP contribution in [0, 0.1) is 5.82 Å². The number of sulfone groups is 1. The van der Waals surface area contributed by atoms with E-state index in [1.165, 1.54) is 23.9 Å². The summed E-state index contributed by atoms with van der Waals surface area (Å²) in [5.41, 5.74) is 0. The zero-order chi connectivity index (χ0) is 16.0. The maximum atomic E-state index is 12.9. The molecule has 0 aromatic heterocycles. The zero-order valence-electron chi connectivity index (χ0n) is 12.0. The molecule has 1 heterocycles. The molecular weight excluding hydrogens is 329 g/mol. The van der Waals surface area contributed by atoms with E-state index in [-0.39, 0.29) is 40.8 Å². The number of benzene rings is 1. The first kappa shape index (κ1) is 17.1. The van der Waals surface area contributed by atoms with Crippen molar-refractivity contribution in [2.24, 2.45) is 0 Å². The fourth-order valence-electron chi connectivity index (χ4n) is 2.05. The number of hydrogen-bond acceptors (Lipinski definition) is 5.